The van der Waals surface area contributed by atoms with Crippen molar-refractivity contribution in [3.63, 3.8) is 0 Å². The van der Waals surface area contributed by atoms with Crippen LogP contribution in [0.5, 0.6) is 5.75 Å². The second kappa shape index (κ2) is 23.1. The van der Waals surface area contributed by atoms with E-state index in [1.54, 1.807) is 49.0 Å². The summed E-state index contributed by atoms with van der Waals surface area (Å²) in [5.41, 5.74) is 1.49. The first-order chi connectivity index (χ1) is 35.0. The van der Waals surface area contributed by atoms with E-state index in [-0.39, 0.29) is 50.1 Å². The van der Waals surface area contributed by atoms with Crippen LogP contribution >= 0.6 is 11.8 Å². The van der Waals surface area contributed by atoms with Crippen molar-refractivity contribution in [3.8, 4) is 5.75 Å². The number of hydrogen-bond donors (Lipinski definition) is 4. The lowest BCUT2D eigenvalue weighted by atomic mass is 9.88. The van der Waals surface area contributed by atoms with Crippen molar-refractivity contribution in [1.82, 2.24) is 40.5 Å². The van der Waals surface area contributed by atoms with Gasteiger partial charge in [-0.05, 0) is 93.4 Å². The highest BCUT2D eigenvalue weighted by Gasteiger charge is 2.48. The third-order valence-electron chi connectivity index (χ3n) is 15.2. The summed E-state index contributed by atoms with van der Waals surface area (Å²) in [5, 5.41) is 18.8. The van der Waals surface area contributed by atoms with E-state index in [0.29, 0.717) is 23.3 Å². The maximum absolute atomic E-state index is 15.7. The van der Waals surface area contributed by atoms with E-state index >= 15 is 14.4 Å². The zero-order chi connectivity index (χ0) is 52.1. The van der Waals surface area contributed by atoms with E-state index in [1.165, 1.54) is 47.0 Å². The molecular formula is C53H67N9O10S. The third-order valence-corrected chi connectivity index (χ3v) is 16.7. The minimum atomic E-state index is -1.69. The number of likely N-dealkylation sites (N-methyl/N-ethyl adjacent to an activating group) is 1. The molecule has 1 aromatic heterocycles. The van der Waals surface area contributed by atoms with Crippen LogP contribution in [0.3, 0.4) is 0 Å². The highest BCUT2D eigenvalue weighted by atomic mass is 32.2. The summed E-state index contributed by atoms with van der Waals surface area (Å²) in [6.45, 7) is 6.11. The molecular weight excluding hydrogens is 955 g/mol. The SMILES string of the molecule is CC[C@H]1NC(=O)[C@@H](NC(=O)c2ncccc2O)[C@H](C)OC(=O)[C@H](c2ccccc2)NC(=O)[C@@H]2CC(=O)[C@H](CS[C@@H]3CN4CCC3CC4)CN2C(=O)[C@@H](Cc2ccc(N(C)C)cc2)N(C)C(=O)[C@@H]2CCCN2C1=O. The predicted octanol–water partition coefficient (Wildman–Crippen LogP) is 2.32. The first kappa shape index (κ1) is 52.8. The summed E-state index contributed by atoms with van der Waals surface area (Å²) in [6, 6.07) is 10.3. The number of carbonyl (C=O) groups is 8. The smallest absolute Gasteiger partial charge is 0.333 e. The Balaban J connectivity index is 1.19. The molecule has 4 N–H and O–H groups in total. The standard InChI is InChI=1S/C53H67N9O10S/c1-6-37-50(68)61-23-11-14-38(61)51(69)59(5)40(26-32-16-18-36(19-17-32)58(3)4)52(70)62-28-35(30-73-43-29-60-24-20-33(43)21-25-60)42(64)27-39(62)47(65)57-45(34-12-8-7-9-13-34)53(71)72-31(2)44(48(66)55-37)56-49(67)46-41(63)15-10-22-54-46/h7-10,12-13,15-19,22,31,33,35,37-40,43-45,63H,6,11,14,20-21,23-30H2,1-5H3,(H,55,66)(H,56,67)(H,57,65)/t31-,35-,37+,38-,39-,40+,43+,44-,45-/m0/s1. The van der Waals surface area contributed by atoms with Crippen molar-refractivity contribution < 1.29 is 48.2 Å². The quantitative estimate of drug-likeness (QED) is 0.214. The number of piperidine rings is 4. The first-order valence-electron chi connectivity index (χ1n) is 25.3. The first-order valence-corrected chi connectivity index (χ1v) is 26.4. The number of carbonyl (C=O) groups excluding carboxylic acids is 8. The topological polar surface area (TPSA) is 231 Å². The van der Waals surface area contributed by atoms with Crippen LogP contribution in [-0.4, -0.2) is 178 Å². The second-order valence-electron chi connectivity index (χ2n) is 20.1. The van der Waals surface area contributed by atoms with E-state index in [2.05, 4.69) is 25.8 Å². The van der Waals surface area contributed by atoms with Crippen molar-refractivity contribution in [2.24, 2.45) is 11.8 Å². The van der Waals surface area contributed by atoms with E-state index in [9.17, 15) is 29.1 Å². The van der Waals surface area contributed by atoms with E-state index in [0.717, 1.165) is 43.7 Å². The zero-order valence-electron chi connectivity index (χ0n) is 42.1. The maximum Gasteiger partial charge on any atom is 0.333 e. The number of ether oxygens (including phenoxy) is 1. The lowest BCUT2D eigenvalue weighted by Crippen LogP contribution is -2.63. The molecule has 390 valence electrons. The van der Waals surface area contributed by atoms with Gasteiger partial charge in [0.1, 0.15) is 47.8 Å². The molecule has 73 heavy (non-hydrogen) atoms. The van der Waals surface area contributed by atoms with Crippen LogP contribution in [0.4, 0.5) is 5.69 Å². The molecule has 7 heterocycles. The van der Waals surface area contributed by atoms with Gasteiger partial charge in [-0.15, -0.1) is 0 Å². The molecule has 0 unspecified atom stereocenters. The number of pyridine rings is 1. The molecule has 19 nitrogen and oxygen atoms in total. The molecule has 6 amide bonds. The number of esters is 1. The lowest BCUT2D eigenvalue weighted by Gasteiger charge is -2.45. The van der Waals surface area contributed by atoms with Crippen molar-refractivity contribution in [2.45, 2.75) is 106 Å². The number of Topliss-reactive ketones (excluding diaryl/α,β-unsaturated/α-hetero) is 1. The number of ketones is 1. The molecule has 9 rings (SSSR count). The van der Waals surface area contributed by atoms with Crippen LogP contribution in [0.15, 0.2) is 72.9 Å². The largest absolute Gasteiger partial charge is 0.505 e. The molecule has 9 atom stereocenters. The van der Waals surface area contributed by atoms with Gasteiger partial charge in [0.2, 0.25) is 29.5 Å². The monoisotopic (exact) mass is 1020 g/mol. The van der Waals surface area contributed by atoms with Crippen LogP contribution in [0.25, 0.3) is 0 Å². The molecule has 6 fully saturated rings. The molecule has 0 aliphatic carbocycles. The Morgan fingerprint density at radius 3 is 2.23 bits per heavy atom. The van der Waals surface area contributed by atoms with Crippen molar-refractivity contribution in [3.05, 3.63) is 89.7 Å². The zero-order valence-corrected chi connectivity index (χ0v) is 42.9. The molecule has 3 aromatic rings. The summed E-state index contributed by atoms with van der Waals surface area (Å²) in [5.74, 6) is -5.83. The third kappa shape index (κ3) is 11.8. The van der Waals surface area contributed by atoms with Gasteiger partial charge in [-0.25, -0.2) is 9.78 Å². The number of cyclic esters (lactones) is 1. The lowest BCUT2D eigenvalue weighted by molar-refractivity contribution is -0.157. The van der Waals surface area contributed by atoms with Crippen molar-refractivity contribution >= 4 is 64.6 Å². The van der Waals surface area contributed by atoms with Gasteiger partial charge in [-0.1, -0.05) is 49.4 Å². The van der Waals surface area contributed by atoms with Gasteiger partial charge in [0.05, 0.1) is 0 Å². The fourth-order valence-electron chi connectivity index (χ4n) is 10.8. The number of fused-ring (bicyclic) bond motifs is 5. The summed E-state index contributed by atoms with van der Waals surface area (Å²) in [4.78, 5) is 130. The summed E-state index contributed by atoms with van der Waals surface area (Å²) >= 11 is 1.73. The number of hydrogen-bond acceptors (Lipinski definition) is 14. The normalized spacial score (nSPS) is 29.5. The number of aromatic hydroxyl groups is 1. The van der Waals surface area contributed by atoms with Gasteiger partial charge in [-0.3, -0.25) is 33.6 Å². The van der Waals surface area contributed by atoms with Crippen LogP contribution < -0.4 is 20.9 Å². The van der Waals surface area contributed by atoms with E-state index in [4.69, 9.17) is 4.74 Å². The van der Waals surface area contributed by atoms with E-state index < -0.39 is 101 Å². The summed E-state index contributed by atoms with van der Waals surface area (Å²) in [6.07, 6.45) is 2.40. The molecule has 2 aromatic carbocycles. The molecule has 0 spiro atoms. The number of aromatic nitrogens is 1. The second-order valence-corrected chi connectivity index (χ2v) is 21.4. The fraction of sp³-hybridized carbons (Fsp3) is 0.528. The molecule has 20 heteroatoms. The Morgan fingerprint density at radius 2 is 1.58 bits per heavy atom. The van der Waals surface area contributed by atoms with Crippen LogP contribution in [0.2, 0.25) is 0 Å². The number of amides is 6. The van der Waals surface area contributed by atoms with Crippen molar-refractivity contribution in [1.29, 1.82) is 0 Å². The van der Waals surface area contributed by atoms with Gasteiger partial charge in [-0.2, -0.15) is 11.8 Å². The number of nitrogens with one attached hydrogen (secondary N) is 3. The molecule has 0 radical (unpaired) electrons. The Bertz CT molecular complexity index is 2540. The highest BCUT2D eigenvalue weighted by molar-refractivity contribution is 8.00. The maximum atomic E-state index is 15.7. The van der Waals surface area contributed by atoms with Crippen LogP contribution in [-0.2, 0) is 44.7 Å². The number of benzene rings is 2. The Morgan fingerprint density at radius 1 is 0.849 bits per heavy atom. The fourth-order valence-corrected chi connectivity index (χ4v) is 12.4. The summed E-state index contributed by atoms with van der Waals surface area (Å²) < 4.78 is 5.97. The Hall–Kier alpha value is -6.54. The Labute approximate surface area is 430 Å². The average molecular weight is 1020 g/mol. The number of rotatable bonds is 10. The van der Waals surface area contributed by atoms with E-state index in [1.807, 2.05) is 43.3 Å². The van der Waals surface area contributed by atoms with Gasteiger partial charge in [0.25, 0.3) is 5.91 Å². The molecule has 6 saturated heterocycles. The van der Waals surface area contributed by atoms with Gasteiger partial charge in [0, 0.05) is 82.4 Å². The van der Waals surface area contributed by atoms with Gasteiger partial charge >= 0.3 is 5.97 Å². The Kier molecular flexibility index (Phi) is 16.7. The molecule has 6 aliphatic heterocycles. The minimum Gasteiger partial charge on any atom is -0.505 e. The summed E-state index contributed by atoms with van der Waals surface area (Å²) in [7, 11) is 5.33. The van der Waals surface area contributed by atoms with Crippen LogP contribution in [0.1, 0.15) is 80.0 Å². The molecule has 6 aliphatic rings. The highest BCUT2D eigenvalue weighted by Crippen LogP contribution is 2.37. The van der Waals surface area contributed by atoms with Crippen LogP contribution in [0, 0.1) is 11.8 Å². The van der Waals surface area contributed by atoms with Crippen molar-refractivity contribution in [2.75, 3.05) is 64.5 Å². The number of nitrogens with zero attached hydrogens (tertiary/aromatic N) is 6. The number of thioether (sulfide) groups is 1. The van der Waals surface area contributed by atoms with Gasteiger partial charge in [0.15, 0.2) is 11.7 Å². The molecule has 2 bridgehead atoms. The number of anilines is 1. The minimum absolute atomic E-state index is 0.0289. The average Bonchev–Trinajstić information content (AvgIpc) is 3.89. The van der Waals surface area contributed by atoms with Gasteiger partial charge < -0.3 is 50.3 Å². The molecule has 0 saturated carbocycles. The predicted molar refractivity (Wildman–Crippen MR) is 272 cm³/mol.